The lowest BCUT2D eigenvalue weighted by molar-refractivity contribution is -0.118. The monoisotopic (exact) mass is 584 g/mol. The predicted octanol–water partition coefficient (Wildman–Crippen LogP) is 4.42. The number of carbonyl (C=O) groups is 1. The molecular weight excluding hydrogens is 568 g/mol. The number of carbonyl (C=O) groups excluding carboxylic acids is 1. The first-order valence-electron chi connectivity index (χ1n) is 10.1. The van der Waals surface area contributed by atoms with Crippen LogP contribution in [0.3, 0.4) is 0 Å². The molecule has 4 aromatic rings. The van der Waals surface area contributed by atoms with Crippen molar-refractivity contribution in [1.82, 2.24) is 9.66 Å². The molecule has 8 nitrogen and oxygen atoms in total. The smallest absolute Gasteiger partial charge is 0.349 e. The lowest BCUT2D eigenvalue weighted by atomic mass is 10.2. The zero-order valence-corrected chi connectivity index (χ0v) is 21.0. The molecule has 0 aliphatic rings. The first-order chi connectivity index (χ1) is 16.3. The second-order valence-electron chi connectivity index (χ2n) is 7.35. The van der Waals surface area contributed by atoms with Crippen molar-refractivity contribution < 1.29 is 9.53 Å². The van der Waals surface area contributed by atoms with E-state index < -0.39 is 11.2 Å². The van der Waals surface area contributed by atoms with E-state index in [0.717, 1.165) is 10.2 Å². The number of rotatable bonds is 6. The normalized spacial score (nSPS) is 11.1. The number of nitrogens with zero attached hydrogens (tertiary/aromatic N) is 2. The number of ether oxygens (including phenoxy) is 1. The number of aryl methyl sites for hydroxylation is 1. The van der Waals surface area contributed by atoms with Crippen LogP contribution in [0.15, 0.2) is 84.3 Å². The number of halogens is 2. The van der Waals surface area contributed by atoms with E-state index >= 15 is 0 Å². The Labute approximate surface area is 210 Å². The summed E-state index contributed by atoms with van der Waals surface area (Å²) in [6.45, 7) is 1.77. The average Bonchev–Trinajstić information content (AvgIpc) is 2.80. The van der Waals surface area contributed by atoms with Crippen LogP contribution < -0.4 is 21.3 Å². The third-order valence-corrected chi connectivity index (χ3v) is 5.99. The fourth-order valence-corrected chi connectivity index (χ4v) is 4.60. The molecule has 172 valence electrons. The first-order valence-corrected chi connectivity index (χ1v) is 11.7. The molecule has 0 saturated heterocycles. The Morgan fingerprint density at radius 1 is 1.09 bits per heavy atom. The van der Waals surface area contributed by atoms with Gasteiger partial charge in [-0.3, -0.25) is 9.59 Å². The number of amides is 1. The lowest BCUT2D eigenvalue weighted by Gasteiger charge is -2.11. The molecule has 10 heteroatoms. The molecule has 0 saturated carbocycles. The van der Waals surface area contributed by atoms with Crippen molar-refractivity contribution in [3.63, 3.8) is 0 Å². The summed E-state index contributed by atoms with van der Waals surface area (Å²) in [5.74, 6) is 0.125. The van der Waals surface area contributed by atoms with Gasteiger partial charge in [0, 0.05) is 5.69 Å². The van der Waals surface area contributed by atoms with E-state index in [1.165, 1.54) is 6.21 Å². The summed E-state index contributed by atoms with van der Waals surface area (Å²) in [6, 6.07) is 17.6. The minimum Gasteiger partial charge on any atom is -0.481 e. The molecule has 0 unspecified atom stereocenters. The van der Waals surface area contributed by atoms with E-state index in [2.05, 4.69) is 47.3 Å². The maximum atomic E-state index is 12.6. The highest BCUT2D eigenvalue weighted by molar-refractivity contribution is 9.11. The molecule has 1 amide bonds. The molecule has 0 radical (unpaired) electrons. The standard InChI is InChI=1S/C24H18Br2N4O4/c1-14-6-8-16(9-7-14)28-21(31)13-34-22-18(25)10-15(11-19(22)26)12-27-30-23(32)17-4-2-3-5-20(17)29-24(30)33/h2-12H,13H2,1H3,(H,28,31)(H,29,33). The second-order valence-corrected chi connectivity index (χ2v) is 9.06. The summed E-state index contributed by atoms with van der Waals surface area (Å²) >= 11 is 6.85. The number of anilines is 1. The Morgan fingerprint density at radius 2 is 1.76 bits per heavy atom. The van der Waals surface area contributed by atoms with Gasteiger partial charge < -0.3 is 15.0 Å². The molecule has 3 aromatic carbocycles. The van der Waals surface area contributed by atoms with Crippen LogP contribution in [0.5, 0.6) is 5.75 Å². The summed E-state index contributed by atoms with van der Waals surface area (Å²) in [4.78, 5) is 39.7. The van der Waals surface area contributed by atoms with Crippen LogP contribution in [0.4, 0.5) is 5.69 Å². The highest BCUT2D eigenvalue weighted by Crippen LogP contribution is 2.34. The third kappa shape index (κ3) is 5.35. The maximum absolute atomic E-state index is 12.6. The Kier molecular flexibility index (Phi) is 7.09. The van der Waals surface area contributed by atoms with Gasteiger partial charge in [-0.05, 0) is 80.7 Å². The number of H-pyrrole nitrogens is 1. The third-order valence-electron chi connectivity index (χ3n) is 4.81. The van der Waals surface area contributed by atoms with Gasteiger partial charge in [0.2, 0.25) is 0 Å². The van der Waals surface area contributed by atoms with E-state index in [4.69, 9.17) is 4.74 Å². The number of benzene rings is 3. The molecule has 34 heavy (non-hydrogen) atoms. The number of para-hydroxylation sites is 1. The quantitative estimate of drug-likeness (QED) is 0.327. The summed E-state index contributed by atoms with van der Waals surface area (Å²) in [5, 5.41) is 7.18. The molecule has 1 aromatic heterocycles. The van der Waals surface area contributed by atoms with Gasteiger partial charge in [0.05, 0.1) is 26.1 Å². The number of aromatic amines is 1. The minimum absolute atomic E-state index is 0.194. The summed E-state index contributed by atoms with van der Waals surface area (Å²) < 4.78 is 7.56. The first kappa shape index (κ1) is 23.7. The van der Waals surface area contributed by atoms with E-state index in [1.807, 2.05) is 31.2 Å². The molecule has 2 N–H and O–H groups in total. The van der Waals surface area contributed by atoms with Crippen molar-refractivity contribution in [2.75, 3.05) is 11.9 Å². The predicted molar refractivity (Wildman–Crippen MR) is 139 cm³/mol. The number of hydrogen-bond acceptors (Lipinski definition) is 5. The fourth-order valence-electron chi connectivity index (χ4n) is 3.15. The van der Waals surface area contributed by atoms with Crippen molar-refractivity contribution in [1.29, 1.82) is 0 Å². The van der Waals surface area contributed by atoms with Crippen LogP contribution in [-0.4, -0.2) is 28.4 Å². The molecule has 0 aliphatic heterocycles. The van der Waals surface area contributed by atoms with Crippen molar-refractivity contribution in [2.24, 2.45) is 5.10 Å². The van der Waals surface area contributed by atoms with Gasteiger partial charge in [0.15, 0.2) is 6.61 Å². The highest BCUT2D eigenvalue weighted by atomic mass is 79.9. The van der Waals surface area contributed by atoms with Crippen molar-refractivity contribution >= 4 is 60.6 Å². The van der Waals surface area contributed by atoms with Crippen molar-refractivity contribution in [2.45, 2.75) is 6.92 Å². The number of hydrogen-bond donors (Lipinski definition) is 2. The second kappa shape index (κ2) is 10.2. The number of fused-ring (bicyclic) bond motifs is 1. The van der Waals surface area contributed by atoms with Crippen LogP contribution in [0, 0.1) is 6.92 Å². The van der Waals surface area contributed by atoms with E-state index in [0.29, 0.717) is 36.8 Å². The molecule has 1 heterocycles. The van der Waals surface area contributed by atoms with Gasteiger partial charge in [-0.1, -0.05) is 29.8 Å². The Hall–Kier alpha value is -3.50. The minimum atomic E-state index is -0.641. The van der Waals surface area contributed by atoms with Gasteiger partial charge in [-0.2, -0.15) is 5.10 Å². The van der Waals surface area contributed by atoms with Crippen LogP contribution in [0.25, 0.3) is 10.9 Å². The van der Waals surface area contributed by atoms with Gasteiger partial charge in [0.1, 0.15) is 5.75 Å². The molecular formula is C24H18Br2N4O4. The van der Waals surface area contributed by atoms with Gasteiger partial charge in [-0.25, -0.2) is 4.79 Å². The molecule has 0 aliphatic carbocycles. The van der Waals surface area contributed by atoms with Crippen LogP contribution >= 0.6 is 31.9 Å². The molecule has 0 atom stereocenters. The summed E-state index contributed by atoms with van der Waals surface area (Å²) in [7, 11) is 0. The Balaban J connectivity index is 1.49. The summed E-state index contributed by atoms with van der Waals surface area (Å²) in [5.41, 5.74) is 1.66. The zero-order chi connectivity index (χ0) is 24.2. The van der Waals surface area contributed by atoms with E-state index in [-0.39, 0.29) is 12.5 Å². The molecule has 0 spiro atoms. The Bertz CT molecular complexity index is 1500. The highest BCUT2D eigenvalue weighted by Gasteiger charge is 2.12. The number of aromatic nitrogens is 2. The lowest BCUT2D eigenvalue weighted by Crippen LogP contribution is -2.32. The van der Waals surface area contributed by atoms with E-state index in [9.17, 15) is 14.4 Å². The van der Waals surface area contributed by atoms with Gasteiger partial charge >= 0.3 is 5.69 Å². The van der Waals surface area contributed by atoms with Crippen LogP contribution in [-0.2, 0) is 4.79 Å². The number of nitrogens with one attached hydrogen (secondary N) is 2. The zero-order valence-electron chi connectivity index (χ0n) is 17.8. The van der Waals surface area contributed by atoms with Gasteiger partial charge in [-0.15, -0.1) is 4.68 Å². The maximum Gasteiger partial charge on any atom is 0.349 e. The Morgan fingerprint density at radius 3 is 2.47 bits per heavy atom. The average molecular weight is 586 g/mol. The van der Waals surface area contributed by atoms with Gasteiger partial charge in [0.25, 0.3) is 11.5 Å². The van der Waals surface area contributed by atoms with Crippen molar-refractivity contribution in [3.8, 4) is 5.75 Å². The van der Waals surface area contributed by atoms with Crippen molar-refractivity contribution in [3.05, 3.63) is 102 Å². The van der Waals surface area contributed by atoms with E-state index in [1.54, 1.807) is 36.4 Å². The molecule has 0 bridgehead atoms. The van der Waals surface area contributed by atoms with Crippen LogP contribution in [0.2, 0.25) is 0 Å². The summed E-state index contributed by atoms with van der Waals surface area (Å²) in [6.07, 6.45) is 1.38. The van der Waals surface area contributed by atoms with Crippen LogP contribution in [0.1, 0.15) is 11.1 Å². The SMILES string of the molecule is Cc1ccc(NC(=O)COc2c(Br)cc(C=Nn3c(=O)[nH]c4ccccc4c3=O)cc2Br)cc1. The molecule has 0 fully saturated rings. The molecule has 4 rings (SSSR count). The fraction of sp³-hybridized carbons (Fsp3) is 0.0833. The topological polar surface area (TPSA) is 106 Å². The largest absolute Gasteiger partial charge is 0.481 e.